The van der Waals surface area contributed by atoms with Crippen LogP contribution >= 0.6 is 11.3 Å². The number of para-hydroxylation sites is 1. The number of nitrogens with zero attached hydrogens (tertiary/aromatic N) is 3. The first-order chi connectivity index (χ1) is 12.5. The second-order valence-electron chi connectivity index (χ2n) is 6.04. The first-order valence-corrected chi connectivity index (χ1v) is 9.10. The van der Waals surface area contributed by atoms with Gasteiger partial charge in [0.25, 0.3) is 5.91 Å². The van der Waals surface area contributed by atoms with Crippen molar-refractivity contribution >= 4 is 27.5 Å². The van der Waals surface area contributed by atoms with E-state index >= 15 is 0 Å². The molecule has 6 heteroatoms. The van der Waals surface area contributed by atoms with Crippen LogP contribution in [0.25, 0.3) is 10.2 Å². The van der Waals surface area contributed by atoms with Crippen molar-refractivity contribution in [3.05, 3.63) is 59.1 Å². The van der Waals surface area contributed by atoms with Crippen LogP contribution in [0.5, 0.6) is 5.75 Å². The third-order valence-electron chi connectivity index (χ3n) is 4.24. The van der Waals surface area contributed by atoms with E-state index in [0.29, 0.717) is 11.3 Å². The molecule has 0 spiro atoms. The molecule has 0 radical (unpaired) electrons. The van der Waals surface area contributed by atoms with Crippen molar-refractivity contribution < 1.29 is 9.53 Å². The smallest absolute Gasteiger partial charge is 0.263 e. The molecule has 0 aliphatic rings. The fraction of sp³-hybridized carbons (Fsp3) is 0.250. The summed E-state index contributed by atoms with van der Waals surface area (Å²) in [6, 6.07) is 16.6. The maximum Gasteiger partial charge on any atom is 0.263 e. The largest absolute Gasteiger partial charge is 0.481 e. The highest BCUT2D eigenvalue weighted by Gasteiger charge is 2.25. The number of carbonyl (C=O) groups excluding carboxylic acids is 1. The number of amides is 1. The van der Waals surface area contributed by atoms with Gasteiger partial charge in [0.2, 0.25) is 0 Å². The molecular weight excluding hydrogens is 346 g/mol. The molecule has 0 unspecified atom stereocenters. The Hall–Kier alpha value is -2.91. The predicted octanol–water partition coefficient (Wildman–Crippen LogP) is 4.15. The van der Waals surface area contributed by atoms with Gasteiger partial charge >= 0.3 is 0 Å². The zero-order valence-corrected chi connectivity index (χ0v) is 15.7. The fourth-order valence-corrected chi connectivity index (χ4v) is 3.64. The Bertz CT molecular complexity index is 926. The molecule has 3 aromatic rings. The van der Waals surface area contributed by atoms with Crippen LogP contribution in [-0.4, -0.2) is 28.9 Å². The van der Waals surface area contributed by atoms with Gasteiger partial charge in [-0.1, -0.05) is 12.1 Å². The molecule has 0 aliphatic heterocycles. The van der Waals surface area contributed by atoms with Gasteiger partial charge in [0.1, 0.15) is 10.8 Å². The Kier molecular flexibility index (Phi) is 5.19. The van der Waals surface area contributed by atoms with Crippen molar-refractivity contribution in [3.63, 3.8) is 0 Å². The minimum absolute atomic E-state index is 0.124. The van der Waals surface area contributed by atoms with Crippen molar-refractivity contribution in [2.24, 2.45) is 0 Å². The molecule has 1 heterocycles. The number of fused-ring (bicyclic) bond motifs is 1. The lowest BCUT2D eigenvalue weighted by atomic mass is 10.2. The number of carbonyl (C=O) groups is 1. The Morgan fingerprint density at radius 1 is 1.19 bits per heavy atom. The molecular formula is C20H19N3O2S. The van der Waals surface area contributed by atoms with E-state index in [1.54, 1.807) is 54.5 Å². The highest BCUT2D eigenvalue weighted by molar-refractivity contribution is 7.18. The Balaban J connectivity index is 1.69. The first kappa shape index (κ1) is 17.9. The van der Waals surface area contributed by atoms with Crippen molar-refractivity contribution in [2.75, 3.05) is 7.05 Å². The Morgan fingerprint density at radius 2 is 1.88 bits per heavy atom. The molecule has 0 bridgehead atoms. The maximum absolute atomic E-state index is 12.7. The third-order valence-corrected chi connectivity index (χ3v) is 5.45. The first-order valence-electron chi connectivity index (χ1n) is 8.28. The molecule has 0 fully saturated rings. The predicted molar refractivity (Wildman–Crippen MR) is 102 cm³/mol. The molecule has 0 saturated carbocycles. The maximum atomic E-state index is 12.7. The molecule has 0 saturated heterocycles. The van der Waals surface area contributed by atoms with E-state index in [0.717, 1.165) is 15.2 Å². The van der Waals surface area contributed by atoms with Crippen molar-refractivity contribution in [1.29, 1.82) is 5.26 Å². The van der Waals surface area contributed by atoms with Crippen molar-refractivity contribution in [1.82, 2.24) is 9.88 Å². The summed E-state index contributed by atoms with van der Waals surface area (Å²) in [4.78, 5) is 19.0. The summed E-state index contributed by atoms with van der Waals surface area (Å²) in [5, 5.41) is 9.73. The molecule has 1 aromatic heterocycles. The summed E-state index contributed by atoms with van der Waals surface area (Å²) < 4.78 is 6.83. The summed E-state index contributed by atoms with van der Waals surface area (Å²) >= 11 is 1.59. The summed E-state index contributed by atoms with van der Waals surface area (Å²) in [5.41, 5.74) is 1.50. The van der Waals surface area contributed by atoms with Crippen LogP contribution in [0.3, 0.4) is 0 Å². The Labute approximate surface area is 156 Å². The minimum Gasteiger partial charge on any atom is -0.481 e. The second kappa shape index (κ2) is 7.54. The number of benzene rings is 2. The van der Waals surface area contributed by atoms with E-state index in [1.165, 1.54) is 0 Å². The highest BCUT2D eigenvalue weighted by Crippen LogP contribution is 2.29. The quantitative estimate of drug-likeness (QED) is 0.681. The number of ether oxygens (including phenoxy) is 1. The van der Waals surface area contributed by atoms with E-state index in [1.807, 2.05) is 31.2 Å². The lowest BCUT2D eigenvalue weighted by Crippen LogP contribution is -2.39. The SMILES string of the molecule is C[C@H](Oc1ccc(C#N)cc1)C(=O)N(C)[C@H](C)c1nc2ccccc2s1. The van der Waals surface area contributed by atoms with Gasteiger partial charge in [0.15, 0.2) is 6.10 Å². The van der Waals surface area contributed by atoms with E-state index in [-0.39, 0.29) is 11.9 Å². The van der Waals surface area contributed by atoms with Crippen LogP contribution in [-0.2, 0) is 4.79 Å². The van der Waals surface area contributed by atoms with E-state index in [2.05, 4.69) is 11.1 Å². The number of thiazole rings is 1. The molecule has 26 heavy (non-hydrogen) atoms. The van der Waals surface area contributed by atoms with E-state index < -0.39 is 6.10 Å². The van der Waals surface area contributed by atoms with Crippen LogP contribution in [0.15, 0.2) is 48.5 Å². The molecule has 1 amide bonds. The van der Waals surface area contributed by atoms with Gasteiger partial charge in [-0.25, -0.2) is 4.98 Å². The van der Waals surface area contributed by atoms with Gasteiger partial charge < -0.3 is 9.64 Å². The van der Waals surface area contributed by atoms with Gasteiger partial charge in [-0.2, -0.15) is 5.26 Å². The summed E-state index contributed by atoms with van der Waals surface area (Å²) in [6.07, 6.45) is -0.634. The standard InChI is InChI=1S/C20H19N3O2S/c1-13(19-22-17-6-4-5-7-18(17)26-19)23(3)20(24)14(2)25-16-10-8-15(12-21)9-11-16/h4-11,13-14H,1-3H3/t13-,14+/m1/s1. The fourth-order valence-electron chi connectivity index (χ4n) is 2.57. The number of nitriles is 1. The second-order valence-corrected chi connectivity index (χ2v) is 7.10. The van der Waals surface area contributed by atoms with E-state index in [4.69, 9.17) is 10.00 Å². The zero-order chi connectivity index (χ0) is 18.7. The highest BCUT2D eigenvalue weighted by atomic mass is 32.1. The monoisotopic (exact) mass is 365 g/mol. The van der Waals surface area contributed by atoms with Crippen molar-refractivity contribution in [3.8, 4) is 11.8 Å². The van der Waals surface area contributed by atoms with Crippen LogP contribution in [0.4, 0.5) is 0 Å². The summed E-state index contributed by atoms with van der Waals surface area (Å²) in [6.45, 7) is 3.69. The van der Waals surface area contributed by atoms with Crippen LogP contribution < -0.4 is 4.74 Å². The molecule has 0 aliphatic carbocycles. The number of rotatable bonds is 5. The molecule has 2 aromatic carbocycles. The van der Waals surface area contributed by atoms with E-state index in [9.17, 15) is 4.79 Å². The number of likely N-dealkylation sites (N-methyl/N-ethyl adjacent to an activating group) is 1. The summed E-state index contributed by atoms with van der Waals surface area (Å²) in [7, 11) is 1.76. The minimum atomic E-state index is -0.634. The van der Waals surface area contributed by atoms with Crippen molar-refractivity contribution in [2.45, 2.75) is 26.0 Å². The lowest BCUT2D eigenvalue weighted by molar-refractivity contribution is -0.138. The summed E-state index contributed by atoms with van der Waals surface area (Å²) in [5.74, 6) is 0.437. The van der Waals surface area contributed by atoms with Gasteiger partial charge in [0.05, 0.1) is 27.9 Å². The average Bonchev–Trinajstić information content (AvgIpc) is 3.11. The molecule has 132 valence electrons. The lowest BCUT2D eigenvalue weighted by Gasteiger charge is -2.26. The third kappa shape index (κ3) is 3.68. The van der Waals surface area contributed by atoms with Crippen LogP contribution in [0.1, 0.15) is 30.5 Å². The Morgan fingerprint density at radius 3 is 2.54 bits per heavy atom. The average molecular weight is 365 g/mol. The molecule has 2 atom stereocenters. The zero-order valence-electron chi connectivity index (χ0n) is 14.8. The number of aromatic nitrogens is 1. The van der Waals surface area contributed by atoms with Gasteiger partial charge in [-0.3, -0.25) is 4.79 Å². The van der Waals surface area contributed by atoms with Gasteiger partial charge in [0, 0.05) is 7.05 Å². The topological polar surface area (TPSA) is 66.2 Å². The van der Waals surface area contributed by atoms with Crippen LogP contribution in [0, 0.1) is 11.3 Å². The molecule has 5 nitrogen and oxygen atoms in total. The normalized spacial score (nSPS) is 13.0. The van der Waals surface area contributed by atoms with Gasteiger partial charge in [-0.05, 0) is 50.2 Å². The van der Waals surface area contributed by atoms with Gasteiger partial charge in [-0.15, -0.1) is 11.3 Å². The number of hydrogen-bond acceptors (Lipinski definition) is 5. The number of hydrogen-bond donors (Lipinski definition) is 0. The van der Waals surface area contributed by atoms with Crippen LogP contribution in [0.2, 0.25) is 0 Å². The molecule has 3 rings (SSSR count). The molecule has 0 N–H and O–H groups in total.